The highest BCUT2D eigenvalue weighted by atomic mass is 35.5. The average molecular weight is 184 g/mol. The molecule has 3 heteroatoms. The van der Waals surface area contributed by atoms with Crippen LogP contribution in [0.2, 0.25) is 0 Å². The van der Waals surface area contributed by atoms with Gasteiger partial charge in [-0.2, -0.15) is 0 Å². The molecule has 2 nitrogen and oxygen atoms in total. The molecule has 0 saturated carbocycles. The Morgan fingerprint density at radius 3 is 2.42 bits per heavy atom. The predicted octanol–water partition coefficient (Wildman–Crippen LogP) is 2.33. The fourth-order valence-corrected chi connectivity index (χ4v) is 0.989. The van der Waals surface area contributed by atoms with E-state index >= 15 is 0 Å². The van der Waals surface area contributed by atoms with Crippen molar-refractivity contribution in [1.82, 2.24) is 0 Å². The van der Waals surface area contributed by atoms with Gasteiger partial charge in [0.2, 0.25) is 0 Å². The smallest absolute Gasteiger partial charge is 0.304 e. The Kier molecular flexibility index (Phi) is 3.11. The lowest BCUT2D eigenvalue weighted by Gasteiger charge is -2.06. The lowest BCUT2D eigenvalue weighted by atomic mass is 10.2. The number of carbonyl (C=O) groups is 1. The van der Waals surface area contributed by atoms with Gasteiger partial charge in [-0.15, -0.1) is 0 Å². The minimum Gasteiger partial charge on any atom is -0.433 e. The first-order chi connectivity index (χ1) is 5.70. The number of rotatable bonds is 2. The van der Waals surface area contributed by atoms with Crippen molar-refractivity contribution in [3.63, 3.8) is 0 Å². The van der Waals surface area contributed by atoms with E-state index in [-0.39, 0.29) is 5.56 Å². The Hall–Kier alpha value is -1.02. The van der Waals surface area contributed by atoms with E-state index in [1.165, 1.54) is 6.92 Å². The molecule has 0 aliphatic carbocycles. The van der Waals surface area contributed by atoms with Crippen LogP contribution in [-0.4, -0.2) is 5.97 Å². The summed E-state index contributed by atoms with van der Waals surface area (Å²) >= 11 is 5.67. The topological polar surface area (TPSA) is 26.3 Å². The van der Waals surface area contributed by atoms with Gasteiger partial charge in [0.1, 0.15) is 0 Å². The van der Waals surface area contributed by atoms with Crippen molar-refractivity contribution in [3.05, 3.63) is 41.5 Å². The van der Waals surface area contributed by atoms with Gasteiger partial charge in [-0.3, -0.25) is 4.79 Å². The predicted molar refractivity (Wildman–Crippen MR) is 46.4 cm³/mol. The van der Waals surface area contributed by atoms with Gasteiger partial charge in [-0.05, 0) is 0 Å². The van der Waals surface area contributed by atoms with Gasteiger partial charge in [0.25, 0.3) is 5.56 Å². The summed E-state index contributed by atoms with van der Waals surface area (Å²) in [4.78, 5) is 10.5. The van der Waals surface area contributed by atoms with Crippen LogP contribution in [0.3, 0.4) is 0 Å². The molecule has 0 bridgehead atoms. The fraction of sp³-hybridized carbons (Fsp3) is 0.111. The average Bonchev–Trinajstić information content (AvgIpc) is 2.05. The van der Waals surface area contributed by atoms with Crippen LogP contribution in [0, 0.1) is 5.56 Å². The minimum atomic E-state index is -0.413. The van der Waals surface area contributed by atoms with Crippen LogP contribution in [0.5, 0.6) is 0 Å². The van der Waals surface area contributed by atoms with E-state index in [4.69, 9.17) is 11.6 Å². The summed E-state index contributed by atoms with van der Waals surface area (Å²) in [5.41, 5.74) is 0.817. The number of halogens is 1. The molecule has 0 N–H and O–H groups in total. The Bertz CT molecular complexity index is 258. The van der Waals surface area contributed by atoms with Gasteiger partial charge >= 0.3 is 5.97 Å². The van der Waals surface area contributed by atoms with Crippen LogP contribution in [0.1, 0.15) is 12.5 Å². The highest BCUT2D eigenvalue weighted by molar-refractivity contribution is 6.28. The van der Waals surface area contributed by atoms with Crippen molar-refractivity contribution in [2.45, 2.75) is 6.92 Å². The molecule has 0 aliphatic rings. The zero-order valence-electron chi connectivity index (χ0n) is 6.58. The molecule has 12 heavy (non-hydrogen) atoms. The van der Waals surface area contributed by atoms with E-state index in [1.807, 2.05) is 18.2 Å². The number of hydrogen-bond acceptors (Lipinski definition) is 2. The Morgan fingerprint density at radius 2 is 1.92 bits per heavy atom. The van der Waals surface area contributed by atoms with Crippen molar-refractivity contribution >= 4 is 17.6 Å². The van der Waals surface area contributed by atoms with E-state index in [2.05, 4.69) is 4.74 Å². The molecule has 0 spiro atoms. The second-order valence-electron chi connectivity index (χ2n) is 2.23. The van der Waals surface area contributed by atoms with Crippen molar-refractivity contribution in [1.29, 1.82) is 0 Å². The molecule has 0 aliphatic heterocycles. The van der Waals surface area contributed by atoms with Gasteiger partial charge in [0.05, 0.1) is 0 Å². The third kappa shape index (κ3) is 2.55. The SMILES string of the molecule is CC(=O)O[C](Cl)c1ccccc1. The highest BCUT2D eigenvalue weighted by Gasteiger charge is 2.11. The third-order valence-electron chi connectivity index (χ3n) is 1.23. The quantitative estimate of drug-likeness (QED) is 0.658. The fourth-order valence-electron chi connectivity index (χ4n) is 0.754. The Morgan fingerprint density at radius 1 is 1.33 bits per heavy atom. The normalized spacial score (nSPS) is 9.92. The lowest BCUT2D eigenvalue weighted by molar-refractivity contribution is -0.137. The zero-order valence-corrected chi connectivity index (χ0v) is 7.34. The van der Waals surface area contributed by atoms with E-state index in [0.29, 0.717) is 5.56 Å². The summed E-state index contributed by atoms with van der Waals surface area (Å²) in [7, 11) is 0. The molecular weight excluding hydrogens is 176 g/mol. The molecular formula is C9H8ClO2. The molecule has 0 saturated heterocycles. The van der Waals surface area contributed by atoms with Gasteiger partial charge < -0.3 is 4.74 Å². The Balaban J connectivity index is 2.65. The van der Waals surface area contributed by atoms with E-state index in [1.54, 1.807) is 12.1 Å². The number of esters is 1. The van der Waals surface area contributed by atoms with Gasteiger partial charge in [-0.25, -0.2) is 0 Å². The molecule has 0 amide bonds. The van der Waals surface area contributed by atoms with Gasteiger partial charge in [-0.1, -0.05) is 41.9 Å². The summed E-state index contributed by atoms with van der Waals surface area (Å²) in [6, 6.07) is 9.04. The van der Waals surface area contributed by atoms with E-state index in [9.17, 15) is 4.79 Å². The second-order valence-corrected chi connectivity index (χ2v) is 2.58. The molecule has 1 rings (SSSR count). The van der Waals surface area contributed by atoms with Crippen LogP contribution < -0.4 is 0 Å². The third-order valence-corrected chi connectivity index (χ3v) is 1.53. The first kappa shape index (κ1) is 9.07. The van der Waals surface area contributed by atoms with Crippen molar-refractivity contribution < 1.29 is 9.53 Å². The van der Waals surface area contributed by atoms with E-state index in [0.717, 1.165) is 0 Å². The van der Waals surface area contributed by atoms with Crippen molar-refractivity contribution in [2.75, 3.05) is 0 Å². The Labute approximate surface area is 76.1 Å². The molecule has 1 aromatic rings. The molecule has 1 aromatic carbocycles. The maximum atomic E-state index is 10.5. The monoisotopic (exact) mass is 183 g/mol. The molecule has 0 heterocycles. The largest absolute Gasteiger partial charge is 0.433 e. The second kappa shape index (κ2) is 4.12. The lowest BCUT2D eigenvalue weighted by Crippen LogP contribution is -2.02. The summed E-state index contributed by atoms with van der Waals surface area (Å²) in [6.07, 6.45) is 0. The summed E-state index contributed by atoms with van der Waals surface area (Å²) in [5.74, 6) is -0.413. The van der Waals surface area contributed by atoms with E-state index < -0.39 is 5.97 Å². The van der Waals surface area contributed by atoms with Crippen LogP contribution in [0.15, 0.2) is 30.3 Å². The molecule has 0 aromatic heterocycles. The summed E-state index contributed by atoms with van der Waals surface area (Å²) in [6.45, 7) is 1.31. The molecule has 0 atom stereocenters. The number of ether oxygens (including phenoxy) is 1. The number of carbonyl (C=O) groups excluding carboxylic acids is 1. The number of hydrogen-bond donors (Lipinski definition) is 0. The van der Waals surface area contributed by atoms with Gasteiger partial charge in [0.15, 0.2) is 0 Å². The van der Waals surface area contributed by atoms with Crippen LogP contribution in [0.4, 0.5) is 0 Å². The molecule has 0 fully saturated rings. The van der Waals surface area contributed by atoms with Crippen LogP contribution in [0.25, 0.3) is 0 Å². The summed E-state index contributed by atoms with van der Waals surface area (Å²) in [5, 5.41) is 0. The molecule has 63 valence electrons. The standard InChI is InChI=1S/C9H8ClO2/c1-7(11)12-9(10)8-5-3-2-4-6-8/h2-6H,1H3. The van der Waals surface area contributed by atoms with Gasteiger partial charge in [0, 0.05) is 12.5 Å². The first-order valence-electron chi connectivity index (χ1n) is 3.46. The maximum absolute atomic E-state index is 10.5. The molecule has 1 radical (unpaired) electrons. The van der Waals surface area contributed by atoms with Crippen molar-refractivity contribution in [3.8, 4) is 0 Å². The van der Waals surface area contributed by atoms with Crippen LogP contribution in [-0.2, 0) is 9.53 Å². The molecule has 0 unspecified atom stereocenters. The summed E-state index contributed by atoms with van der Waals surface area (Å²) < 4.78 is 4.68. The zero-order chi connectivity index (χ0) is 8.97. The van der Waals surface area contributed by atoms with Crippen molar-refractivity contribution in [2.24, 2.45) is 0 Å². The minimum absolute atomic E-state index is 0.114. The number of benzene rings is 1. The van der Waals surface area contributed by atoms with Crippen LogP contribution >= 0.6 is 11.6 Å². The maximum Gasteiger partial charge on any atom is 0.304 e. The first-order valence-corrected chi connectivity index (χ1v) is 3.84. The highest BCUT2D eigenvalue weighted by Crippen LogP contribution is 2.19.